The van der Waals surface area contributed by atoms with Crippen LogP contribution in [0.3, 0.4) is 0 Å². The minimum atomic E-state index is -2.87. The fourth-order valence-corrected chi connectivity index (χ4v) is 14.5. The van der Waals surface area contributed by atoms with Crippen LogP contribution >= 0.6 is 0 Å². The summed E-state index contributed by atoms with van der Waals surface area (Å²) in [5.41, 5.74) is 9.50. The van der Waals surface area contributed by atoms with Crippen molar-refractivity contribution in [3.05, 3.63) is 231 Å². The molecule has 268 valence electrons. The van der Waals surface area contributed by atoms with Gasteiger partial charge in [-0.3, -0.25) is 0 Å². The summed E-state index contributed by atoms with van der Waals surface area (Å²) in [5.74, 6) is 0. The van der Waals surface area contributed by atoms with Crippen molar-refractivity contribution in [3.63, 3.8) is 0 Å². The predicted molar refractivity (Wildman–Crippen MR) is 244 cm³/mol. The van der Waals surface area contributed by atoms with E-state index in [9.17, 15) is 0 Å². The van der Waals surface area contributed by atoms with Crippen molar-refractivity contribution in [1.82, 2.24) is 9.13 Å². The summed E-state index contributed by atoms with van der Waals surface area (Å²) in [6.45, 7) is 0. The molecule has 0 N–H and O–H groups in total. The van der Waals surface area contributed by atoms with Crippen LogP contribution in [-0.4, -0.2) is 17.2 Å². The van der Waals surface area contributed by atoms with Crippen LogP contribution in [0.4, 0.5) is 0 Å². The van der Waals surface area contributed by atoms with Crippen molar-refractivity contribution in [3.8, 4) is 22.5 Å². The summed E-state index contributed by atoms with van der Waals surface area (Å²) < 4.78 is 5.00. The zero-order valence-corrected chi connectivity index (χ0v) is 32.3. The molecule has 0 bridgehead atoms. The van der Waals surface area contributed by atoms with Gasteiger partial charge in [-0.15, -0.1) is 0 Å². The molecule has 0 spiro atoms. The van der Waals surface area contributed by atoms with Crippen LogP contribution in [0.25, 0.3) is 66.1 Å². The van der Waals surface area contributed by atoms with Crippen LogP contribution in [0, 0.1) is 0 Å². The van der Waals surface area contributed by atoms with E-state index in [4.69, 9.17) is 0 Å². The van der Waals surface area contributed by atoms with Gasteiger partial charge >= 0.3 is 0 Å². The monoisotopic (exact) mass is 742 g/mol. The maximum Gasteiger partial charge on any atom is 0.180 e. The Bertz CT molecular complexity index is 3110. The Morgan fingerprint density at radius 2 is 0.825 bits per heavy atom. The molecule has 2 heterocycles. The third-order valence-electron chi connectivity index (χ3n) is 11.9. The first-order chi connectivity index (χ1) is 28.3. The molecule has 0 saturated carbocycles. The first kappa shape index (κ1) is 33.2. The molecule has 3 heteroatoms. The second-order valence-electron chi connectivity index (χ2n) is 14.8. The molecule has 0 saturated heterocycles. The van der Waals surface area contributed by atoms with Gasteiger partial charge < -0.3 is 9.13 Å². The van der Waals surface area contributed by atoms with Crippen molar-refractivity contribution in [2.45, 2.75) is 0 Å². The minimum absolute atomic E-state index is 1.14. The smallest absolute Gasteiger partial charge is 0.180 e. The number of para-hydroxylation sites is 3. The van der Waals surface area contributed by atoms with Crippen LogP contribution in [0.1, 0.15) is 0 Å². The molecule has 11 rings (SSSR count). The topological polar surface area (TPSA) is 9.86 Å². The Labute approximate surface area is 333 Å². The normalized spacial score (nSPS) is 11.9. The largest absolute Gasteiger partial charge is 0.307 e. The zero-order chi connectivity index (χ0) is 37.8. The number of nitrogens with zero attached hydrogens (tertiary/aromatic N) is 2. The van der Waals surface area contributed by atoms with Gasteiger partial charge in [0.05, 0.1) is 27.8 Å². The van der Waals surface area contributed by atoms with Gasteiger partial charge in [-0.1, -0.05) is 188 Å². The third kappa shape index (κ3) is 5.10. The van der Waals surface area contributed by atoms with Crippen molar-refractivity contribution in [2.24, 2.45) is 0 Å². The molecule has 0 unspecified atom stereocenters. The first-order valence-corrected chi connectivity index (χ1v) is 21.7. The number of rotatable bonds is 7. The van der Waals surface area contributed by atoms with E-state index < -0.39 is 8.07 Å². The van der Waals surface area contributed by atoms with E-state index >= 15 is 0 Å². The van der Waals surface area contributed by atoms with Gasteiger partial charge in [0.25, 0.3) is 0 Å². The average Bonchev–Trinajstić information content (AvgIpc) is 3.82. The lowest BCUT2D eigenvalue weighted by Gasteiger charge is -2.35. The Hall–Kier alpha value is -7.20. The maximum absolute atomic E-state index is 2.87. The molecule has 11 aromatic rings. The predicted octanol–water partition coefficient (Wildman–Crippen LogP) is 10.9. The lowest BCUT2D eigenvalue weighted by molar-refractivity contribution is 1.13. The quantitative estimate of drug-likeness (QED) is 0.114. The first-order valence-electron chi connectivity index (χ1n) is 19.7. The van der Waals surface area contributed by atoms with E-state index in [0.717, 1.165) is 11.4 Å². The average molecular weight is 743 g/mol. The highest BCUT2D eigenvalue weighted by Crippen LogP contribution is 2.40. The van der Waals surface area contributed by atoms with Gasteiger partial charge in [0.15, 0.2) is 8.07 Å². The summed E-state index contributed by atoms with van der Waals surface area (Å²) in [6, 6.07) is 85.2. The van der Waals surface area contributed by atoms with Crippen molar-refractivity contribution < 1.29 is 0 Å². The SMILES string of the molecule is c1ccc(-c2ccc3c(c2)c2cccc(-n4c5ccccc5c5c([Si](c6ccccc6)(c6ccccc6)c6ccccc6)cccc54)c2n3-c2ccccc2)cc1. The second-order valence-corrected chi connectivity index (χ2v) is 18.6. The standard InChI is InChI=1S/C54H38N2Si/c1-6-20-39(21-7-1)40-36-37-49-47(38-40)45-31-18-34-51(54(45)55(49)41-22-8-2-9-23-41)56-48-32-17-16-30-46(48)53-50(56)33-19-35-52(53)57(42-24-10-3-11-25-42,43-26-12-4-13-27-43)44-28-14-5-15-29-44/h1-38H. The number of fused-ring (bicyclic) bond motifs is 6. The van der Waals surface area contributed by atoms with E-state index in [0.29, 0.717) is 0 Å². The Morgan fingerprint density at radius 3 is 1.47 bits per heavy atom. The highest BCUT2D eigenvalue weighted by molar-refractivity contribution is 7.20. The van der Waals surface area contributed by atoms with Crippen molar-refractivity contribution >= 4 is 72.4 Å². The Balaban J connectivity index is 1.29. The summed E-state index contributed by atoms with van der Waals surface area (Å²) >= 11 is 0. The van der Waals surface area contributed by atoms with Crippen LogP contribution in [0.2, 0.25) is 0 Å². The molecule has 2 aromatic heterocycles. The lowest BCUT2D eigenvalue weighted by Crippen LogP contribution is -2.74. The fraction of sp³-hybridized carbons (Fsp3) is 0. The number of hydrogen-bond donors (Lipinski definition) is 0. The van der Waals surface area contributed by atoms with Gasteiger partial charge in [0, 0.05) is 27.2 Å². The van der Waals surface area contributed by atoms with Crippen molar-refractivity contribution in [2.75, 3.05) is 0 Å². The van der Waals surface area contributed by atoms with Crippen LogP contribution in [0.5, 0.6) is 0 Å². The highest BCUT2D eigenvalue weighted by atomic mass is 28.3. The maximum atomic E-state index is 2.53. The summed E-state index contributed by atoms with van der Waals surface area (Å²) in [5, 5.41) is 10.5. The molecule has 9 aromatic carbocycles. The van der Waals surface area contributed by atoms with E-state index in [1.54, 1.807) is 0 Å². The molecule has 0 radical (unpaired) electrons. The van der Waals surface area contributed by atoms with Gasteiger partial charge in [0.2, 0.25) is 0 Å². The van der Waals surface area contributed by atoms with Crippen molar-refractivity contribution in [1.29, 1.82) is 0 Å². The van der Waals surface area contributed by atoms with E-state index in [-0.39, 0.29) is 0 Å². The second kappa shape index (κ2) is 13.5. The molecule has 0 aliphatic heterocycles. The molecule has 0 aliphatic rings. The number of aromatic nitrogens is 2. The van der Waals surface area contributed by atoms with Gasteiger partial charge in [0.1, 0.15) is 0 Å². The van der Waals surface area contributed by atoms with E-state index in [2.05, 4.69) is 240 Å². The molecule has 57 heavy (non-hydrogen) atoms. The van der Waals surface area contributed by atoms with Gasteiger partial charge in [-0.05, 0) is 74.3 Å². The molecule has 0 fully saturated rings. The zero-order valence-electron chi connectivity index (χ0n) is 31.3. The van der Waals surface area contributed by atoms with Gasteiger partial charge in [-0.2, -0.15) is 0 Å². The summed E-state index contributed by atoms with van der Waals surface area (Å²) in [6.07, 6.45) is 0. The van der Waals surface area contributed by atoms with Crippen LogP contribution in [-0.2, 0) is 0 Å². The van der Waals surface area contributed by atoms with Gasteiger partial charge in [-0.25, -0.2) is 0 Å². The minimum Gasteiger partial charge on any atom is -0.307 e. The third-order valence-corrected chi connectivity index (χ3v) is 16.7. The Morgan fingerprint density at radius 1 is 0.316 bits per heavy atom. The van der Waals surface area contributed by atoms with Crippen LogP contribution < -0.4 is 20.7 Å². The highest BCUT2D eigenvalue weighted by Gasteiger charge is 2.43. The van der Waals surface area contributed by atoms with Crippen LogP contribution in [0.15, 0.2) is 231 Å². The molecule has 2 nitrogen and oxygen atoms in total. The summed E-state index contributed by atoms with van der Waals surface area (Å²) in [4.78, 5) is 0. The molecular weight excluding hydrogens is 705 g/mol. The van der Waals surface area contributed by atoms with E-state index in [1.165, 1.54) is 75.5 Å². The molecular formula is C54H38N2Si. The fourth-order valence-electron chi connectivity index (χ4n) is 9.51. The number of benzene rings is 9. The number of hydrogen-bond acceptors (Lipinski definition) is 0. The molecule has 0 amide bonds. The Kier molecular flexibility index (Phi) is 7.87. The summed E-state index contributed by atoms with van der Waals surface area (Å²) in [7, 11) is -2.87. The van der Waals surface area contributed by atoms with E-state index in [1.807, 2.05) is 0 Å². The molecule has 0 aliphatic carbocycles. The molecule has 0 atom stereocenters. The lowest BCUT2D eigenvalue weighted by atomic mass is 10.0.